The number of aromatic nitrogens is 2. The van der Waals surface area contributed by atoms with Crippen molar-refractivity contribution in [3.8, 4) is 0 Å². The highest BCUT2D eigenvalue weighted by Gasteiger charge is 2.37. The second-order valence-corrected chi connectivity index (χ2v) is 7.01. The fourth-order valence-corrected chi connectivity index (χ4v) is 3.92. The van der Waals surface area contributed by atoms with E-state index in [1.165, 1.54) is 30.6 Å². The minimum atomic E-state index is -0.694. The number of benzene rings is 1. The summed E-state index contributed by atoms with van der Waals surface area (Å²) >= 11 is 0. The molecule has 122 valence electrons. The molecule has 1 fully saturated rings. The molecule has 0 unspecified atom stereocenters. The largest absolute Gasteiger partial charge is 0.328 e. The van der Waals surface area contributed by atoms with Gasteiger partial charge in [0, 0.05) is 18.7 Å². The van der Waals surface area contributed by atoms with Crippen molar-refractivity contribution in [2.75, 3.05) is 5.32 Å². The molecule has 0 bridgehead atoms. The van der Waals surface area contributed by atoms with Crippen LogP contribution in [-0.2, 0) is 17.8 Å². The van der Waals surface area contributed by atoms with Crippen LogP contribution >= 0.6 is 0 Å². The molecule has 0 atom stereocenters. The number of aryl methyl sites for hydroxylation is 2. The van der Waals surface area contributed by atoms with Gasteiger partial charge in [-0.25, -0.2) is 4.98 Å². The topological polar surface area (TPSA) is 72.9 Å². The van der Waals surface area contributed by atoms with Crippen molar-refractivity contribution in [1.29, 1.82) is 0 Å². The lowest BCUT2D eigenvalue weighted by Crippen LogP contribution is -2.48. The maximum absolute atomic E-state index is 12.5. The van der Waals surface area contributed by atoms with E-state index in [9.17, 15) is 4.79 Å². The summed E-state index contributed by atoms with van der Waals surface area (Å²) < 4.78 is 2.33. The van der Waals surface area contributed by atoms with Crippen LogP contribution in [0.5, 0.6) is 0 Å². The van der Waals surface area contributed by atoms with Gasteiger partial charge >= 0.3 is 0 Å². The number of imidazole rings is 1. The van der Waals surface area contributed by atoms with Gasteiger partial charge in [-0.15, -0.1) is 0 Å². The molecule has 5 nitrogen and oxygen atoms in total. The number of nitrogens with two attached hydrogens (primary N) is 1. The third kappa shape index (κ3) is 2.63. The highest BCUT2D eigenvalue weighted by molar-refractivity contribution is 5.99. The van der Waals surface area contributed by atoms with E-state index in [1.54, 1.807) is 0 Å². The molecule has 1 aliphatic carbocycles. The fraction of sp³-hybridized carbons (Fsp3) is 0.556. The van der Waals surface area contributed by atoms with Crippen LogP contribution in [0.3, 0.4) is 0 Å². The van der Waals surface area contributed by atoms with Crippen molar-refractivity contribution in [3.05, 3.63) is 24.0 Å². The number of nitrogens with zero attached hydrogens (tertiary/aromatic N) is 2. The van der Waals surface area contributed by atoms with Gasteiger partial charge in [0.2, 0.25) is 5.91 Å². The van der Waals surface area contributed by atoms with E-state index in [0.29, 0.717) is 0 Å². The van der Waals surface area contributed by atoms with Crippen molar-refractivity contribution in [2.24, 2.45) is 5.73 Å². The molecule has 1 aromatic heterocycles. The lowest BCUT2D eigenvalue weighted by molar-refractivity contribution is -0.121. The van der Waals surface area contributed by atoms with Gasteiger partial charge in [-0.1, -0.05) is 19.3 Å². The fourth-order valence-electron chi connectivity index (χ4n) is 3.92. The Morgan fingerprint density at radius 1 is 1.17 bits per heavy atom. The van der Waals surface area contributed by atoms with Crippen molar-refractivity contribution in [3.63, 3.8) is 0 Å². The van der Waals surface area contributed by atoms with Crippen molar-refractivity contribution < 1.29 is 4.79 Å². The zero-order chi connectivity index (χ0) is 15.9. The standard InChI is InChI=1S/C18H24N4O/c19-18(9-3-4-10-18)17(23)20-13-7-8-15-14(12-13)21-16-6-2-1-5-11-22(15)16/h7-8,12H,1-6,9-11,19H2,(H,20,23). The molecule has 2 aromatic rings. The van der Waals surface area contributed by atoms with E-state index in [-0.39, 0.29) is 5.91 Å². The Balaban J connectivity index is 1.61. The second kappa shape index (κ2) is 5.64. The molecule has 2 heterocycles. The molecular weight excluding hydrogens is 288 g/mol. The normalized spacial score (nSPS) is 20.2. The minimum absolute atomic E-state index is 0.0601. The number of nitrogens with one attached hydrogen (secondary N) is 1. The van der Waals surface area contributed by atoms with Gasteiger partial charge in [-0.3, -0.25) is 4.79 Å². The van der Waals surface area contributed by atoms with Crippen molar-refractivity contribution in [1.82, 2.24) is 9.55 Å². The van der Waals surface area contributed by atoms with Crippen LogP contribution in [0.4, 0.5) is 5.69 Å². The van der Waals surface area contributed by atoms with Crippen LogP contribution in [0.2, 0.25) is 0 Å². The molecule has 3 N–H and O–H groups in total. The molecule has 4 rings (SSSR count). The summed E-state index contributed by atoms with van der Waals surface area (Å²) in [4.78, 5) is 17.2. The summed E-state index contributed by atoms with van der Waals surface area (Å²) in [5, 5.41) is 3.00. The number of rotatable bonds is 2. The SMILES string of the molecule is NC1(C(=O)Nc2ccc3c(c2)nc2n3CCCCC2)CCCC1. The Hall–Kier alpha value is -1.88. The summed E-state index contributed by atoms with van der Waals surface area (Å²) in [5.74, 6) is 1.11. The van der Waals surface area contributed by atoms with E-state index in [1.807, 2.05) is 12.1 Å². The van der Waals surface area contributed by atoms with E-state index in [0.717, 1.165) is 49.9 Å². The van der Waals surface area contributed by atoms with Crippen molar-refractivity contribution >= 4 is 22.6 Å². The predicted molar refractivity (Wildman–Crippen MR) is 91.3 cm³/mol. The minimum Gasteiger partial charge on any atom is -0.328 e. The maximum atomic E-state index is 12.5. The Morgan fingerprint density at radius 3 is 2.83 bits per heavy atom. The first-order chi connectivity index (χ1) is 11.2. The first kappa shape index (κ1) is 14.7. The highest BCUT2D eigenvalue weighted by Crippen LogP contribution is 2.29. The van der Waals surface area contributed by atoms with Crippen molar-refractivity contribution in [2.45, 2.75) is 63.5 Å². The molecule has 0 radical (unpaired) electrons. The zero-order valence-electron chi connectivity index (χ0n) is 13.5. The molecule has 0 spiro atoms. The van der Waals surface area contributed by atoms with E-state index in [2.05, 4.69) is 16.0 Å². The molecule has 1 aromatic carbocycles. The predicted octanol–water partition coefficient (Wildman–Crippen LogP) is 2.97. The monoisotopic (exact) mass is 312 g/mol. The number of carbonyl (C=O) groups excluding carboxylic acids is 1. The van der Waals surface area contributed by atoms with Crippen LogP contribution < -0.4 is 11.1 Å². The van der Waals surface area contributed by atoms with Gasteiger partial charge in [0.15, 0.2) is 0 Å². The van der Waals surface area contributed by atoms with Crippen LogP contribution in [0.15, 0.2) is 18.2 Å². The first-order valence-corrected chi connectivity index (χ1v) is 8.75. The van der Waals surface area contributed by atoms with E-state index in [4.69, 9.17) is 10.7 Å². The summed E-state index contributed by atoms with van der Waals surface area (Å²) in [5.41, 5.74) is 8.47. The van der Waals surface area contributed by atoms with Crippen LogP contribution in [0.1, 0.15) is 50.8 Å². The van der Waals surface area contributed by atoms with Gasteiger partial charge in [-0.2, -0.15) is 0 Å². The van der Waals surface area contributed by atoms with Crippen LogP contribution in [0, 0.1) is 0 Å². The highest BCUT2D eigenvalue weighted by atomic mass is 16.2. The lowest BCUT2D eigenvalue weighted by Gasteiger charge is -2.22. The lowest BCUT2D eigenvalue weighted by atomic mass is 9.98. The summed E-state index contributed by atoms with van der Waals surface area (Å²) in [7, 11) is 0. The average Bonchev–Trinajstić information content (AvgIpc) is 3.05. The number of anilines is 1. The third-order valence-electron chi connectivity index (χ3n) is 5.32. The Morgan fingerprint density at radius 2 is 2.00 bits per heavy atom. The van der Waals surface area contributed by atoms with Crippen LogP contribution in [-0.4, -0.2) is 21.0 Å². The number of fused-ring (bicyclic) bond motifs is 3. The van der Waals surface area contributed by atoms with Gasteiger partial charge in [0.05, 0.1) is 16.6 Å². The molecule has 1 saturated carbocycles. The molecule has 1 amide bonds. The molecule has 2 aliphatic rings. The van der Waals surface area contributed by atoms with Crippen LogP contribution in [0.25, 0.3) is 11.0 Å². The second-order valence-electron chi connectivity index (χ2n) is 7.01. The molecule has 23 heavy (non-hydrogen) atoms. The number of hydrogen-bond acceptors (Lipinski definition) is 3. The Bertz CT molecular complexity index is 743. The van der Waals surface area contributed by atoms with Gasteiger partial charge in [-0.05, 0) is 43.9 Å². The Kier molecular flexibility index (Phi) is 3.60. The number of amides is 1. The average molecular weight is 312 g/mol. The Labute approximate surface area is 136 Å². The van der Waals surface area contributed by atoms with Gasteiger partial charge < -0.3 is 15.6 Å². The van der Waals surface area contributed by atoms with E-state index < -0.39 is 5.54 Å². The number of hydrogen-bond donors (Lipinski definition) is 2. The van der Waals surface area contributed by atoms with E-state index >= 15 is 0 Å². The number of carbonyl (C=O) groups is 1. The van der Waals surface area contributed by atoms with Gasteiger partial charge in [0.1, 0.15) is 5.82 Å². The molecule has 5 heteroatoms. The smallest absolute Gasteiger partial charge is 0.244 e. The zero-order valence-corrected chi connectivity index (χ0v) is 13.5. The molecule has 0 saturated heterocycles. The maximum Gasteiger partial charge on any atom is 0.244 e. The molecular formula is C18H24N4O. The summed E-state index contributed by atoms with van der Waals surface area (Å²) in [6.07, 6.45) is 8.38. The quantitative estimate of drug-likeness (QED) is 0.895. The molecule has 1 aliphatic heterocycles. The summed E-state index contributed by atoms with van der Waals surface area (Å²) in [6, 6.07) is 6.02. The van der Waals surface area contributed by atoms with Gasteiger partial charge in [0.25, 0.3) is 0 Å². The summed E-state index contributed by atoms with van der Waals surface area (Å²) in [6.45, 7) is 1.05. The first-order valence-electron chi connectivity index (χ1n) is 8.75. The third-order valence-corrected chi connectivity index (χ3v) is 5.32.